The lowest BCUT2D eigenvalue weighted by atomic mass is 9.99. The molecule has 5 rings (SSSR count). The van der Waals surface area contributed by atoms with Gasteiger partial charge in [-0.2, -0.15) is 0 Å². The minimum atomic E-state index is -4.03. The summed E-state index contributed by atoms with van der Waals surface area (Å²) in [6.45, 7) is 8.33. The Balaban J connectivity index is 1.38. The summed E-state index contributed by atoms with van der Waals surface area (Å²) < 4.78 is 40.5. The van der Waals surface area contributed by atoms with Crippen LogP contribution in [0.4, 0.5) is 5.69 Å². The summed E-state index contributed by atoms with van der Waals surface area (Å²) in [6.07, 6.45) is -0.288. The van der Waals surface area contributed by atoms with Gasteiger partial charge < -0.3 is 19.3 Å². The zero-order chi connectivity index (χ0) is 32.3. The van der Waals surface area contributed by atoms with Crippen molar-refractivity contribution in [2.24, 2.45) is 5.92 Å². The molecule has 2 heterocycles. The van der Waals surface area contributed by atoms with Crippen molar-refractivity contribution in [1.29, 1.82) is 0 Å². The van der Waals surface area contributed by atoms with Crippen LogP contribution in [0, 0.1) is 19.8 Å². The van der Waals surface area contributed by atoms with Gasteiger partial charge in [0.25, 0.3) is 15.9 Å². The second kappa shape index (κ2) is 13.4. The average molecular weight is 633 g/mol. The van der Waals surface area contributed by atoms with Gasteiger partial charge in [-0.05, 0) is 62.7 Å². The molecule has 1 amide bonds. The molecular weight excluding hydrogens is 592 g/mol. The van der Waals surface area contributed by atoms with E-state index in [0.717, 1.165) is 11.1 Å². The molecular formula is C34H40N4O6S. The normalized spacial score (nSPS) is 17.8. The molecule has 1 aromatic heterocycles. The summed E-state index contributed by atoms with van der Waals surface area (Å²) in [7, 11) is -1.99. The number of aryl methyl sites for hydroxylation is 2. The highest BCUT2D eigenvalue weighted by Crippen LogP contribution is 2.32. The molecule has 0 saturated heterocycles. The van der Waals surface area contributed by atoms with Crippen molar-refractivity contribution in [3.63, 3.8) is 0 Å². The first-order chi connectivity index (χ1) is 21.5. The zero-order valence-electron chi connectivity index (χ0n) is 26.2. The van der Waals surface area contributed by atoms with Crippen molar-refractivity contribution < 1.29 is 27.6 Å². The van der Waals surface area contributed by atoms with E-state index in [0.29, 0.717) is 25.4 Å². The molecule has 3 atom stereocenters. The van der Waals surface area contributed by atoms with Gasteiger partial charge in [0, 0.05) is 31.2 Å². The molecule has 1 aliphatic heterocycles. The number of nitrogens with one attached hydrogen (secondary N) is 1. The summed E-state index contributed by atoms with van der Waals surface area (Å²) in [6, 6.07) is 23.0. The van der Waals surface area contributed by atoms with Crippen molar-refractivity contribution in [3.8, 4) is 16.9 Å². The number of anilines is 1. The quantitative estimate of drug-likeness (QED) is 0.247. The predicted octanol–water partition coefficient (Wildman–Crippen LogP) is 5.11. The number of likely N-dealkylation sites (N-methyl/N-ethyl adjacent to an activating group) is 1. The third kappa shape index (κ3) is 7.22. The molecule has 0 fully saturated rings. The van der Waals surface area contributed by atoms with Gasteiger partial charge >= 0.3 is 0 Å². The Hall–Kier alpha value is -4.19. The molecule has 0 bridgehead atoms. The lowest BCUT2D eigenvalue weighted by molar-refractivity contribution is 0.0341. The van der Waals surface area contributed by atoms with E-state index in [4.69, 9.17) is 9.26 Å². The van der Waals surface area contributed by atoms with E-state index in [1.807, 2.05) is 32.2 Å². The maximum atomic E-state index is 13.8. The maximum Gasteiger partial charge on any atom is 0.267 e. The zero-order valence-corrected chi connectivity index (χ0v) is 27.0. The number of ether oxygens (including phenoxy) is 1. The van der Waals surface area contributed by atoms with E-state index in [2.05, 4.69) is 51.2 Å². The number of carbonyl (C=O) groups excluding carboxylic acids is 1. The second-order valence-corrected chi connectivity index (χ2v) is 13.5. The van der Waals surface area contributed by atoms with E-state index in [9.17, 15) is 18.3 Å². The van der Waals surface area contributed by atoms with E-state index in [1.165, 1.54) is 18.6 Å². The monoisotopic (exact) mass is 632 g/mol. The summed E-state index contributed by atoms with van der Waals surface area (Å²) in [5, 5.41) is 13.7. The second-order valence-electron chi connectivity index (χ2n) is 11.9. The Bertz CT molecular complexity index is 1720. The predicted molar refractivity (Wildman–Crippen MR) is 173 cm³/mol. The first-order valence-electron chi connectivity index (χ1n) is 15.0. The molecule has 4 aromatic rings. The summed E-state index contributed by atoms with van der Waals surface area (Å²) in [4.78, 5) is 17.6. The smallest absolute Gasteiger partial charge is 0.267 e. The number of hydrogen-bond acceptors (Lipinski definition) is 8. The summed E-state index contributed by atoms with van der Waals surface area (Å²) >= 11 is 0. The van der Waals surface area contributed by atoms with E-state index in [1.54, 1.807) is 30.9 Å². The molecule has 10 nitrogen and oxygen atoms in total. The Kier molecular flexibility index (Phi) is 9.62. The van der Waals surface area contributed by atoms with Crippen molar-refractivity contribution in [2.75, 3.05) is 31.5 Å². The highest BCUT2D eigenvalue weighted by Gasteiger charge is 2.34. The number of nitrogens with zero attached hydrogens (tertiary/aromatic N) is 3. The number of hydrogen-bond donors (Lipinski definition) is 2. The molecule has 2 N–H and O–H groups in total. The molecule has 238 valence electrons. The molecule has 45 heavy (non-hydrogen) atoms. The lowest BCUT2D eigenvalue weighted by Crippen LogP contribution is -2.49. The topological polar surface area (TPSA) is 125 Å². The van der Waals surface area contributed by atoms with Crippen molar-refractivity contribution >= 4 is 21.6 Å². The molecule has 0 aliphatic carbocycles. The third-order valence-corrected chi connectivity index (χ3v) is 9.78. The van der Waals surface area contributed by atoms with Crippen LogP contribution in [-0.2, 0) is 16.6 Å². The number of fused-ring (bicyclic) bond motifs is 1. The van der Waals surface area contributed by atoms with Gasteiger partial charge in [0.1, 0.15) is 17.5 Å². The molecule has 0 radical (unpaired) electrons. The molecule has 0 saturated carbocycles. The van der Waals surface area contributed by atoms with Gasteiger partial charge in [-0.3, -0.25) is 14.4 Å². The van der Waals surface area contributed by atoms with E-state index >= 15 is 0 Å². The highest BCUT2D eigenvalue weighted by molar-refractivity contribution is 7.92. The summed E-state index contributed by atoms with van der Waals surface area (Å²) in [5.74, 6) is 0.119. The van der Waals surface area contributed by atoms with Crippen LogP contribution in [-0.4, -0.2) is 73.3 Å². The SMILES string of the molecule is Cc1noc(C)c1S(=O)(=O)Nc1ccc2c(c1)C(=O)N([C@H](C)CO)C[C@H](C)[C@@H](CN(C)Cc1ccc(-c3ccccc3)cc1)O2. The standard InChI is InChI=1S/C34H40N4O6S/c1-22-18-38(23(2)21-39)34(40)30-17-29(36-45(41,42)33-24(3)35-44-25(33)4)15-16-31(30)43-32(22)20-37(5)19-26-11-13-28(14-12-26)27-9-7-6-8-10-27/h6-17,22-23,32,36,39H,18-21H2,1-5H3/t22-,23+,32+/m0/s1. The van der Waals surface area contributed by atoms with Gasteiger partial charge in [-0.25, -0.2) is 8.42 Å². The van der Waals surface area contributed by atoms with Crippen LogP contribution in [0.25, 0.3) is 11.1 Å². The number of benzene rings is 3. The Labute approximate surface area is 264 Å². The van der Waals surface area contributed by atoms with Gasteiger partial charge in [-0.1, -0.05) is 66.7 Å². The number of amides is 1. The number of aliphatic hydroxyl groups excluding tert-OH is 1. The lowest BCUT2D eigenvalue weighted by Gasteiger charge is -2.38. The van der Waals surface area contributed by atoms with Gasteiger partial charge in [0.15, 0.2) is 10.7 Å². The molecule has 11 heteroatoms. The third-order valence-electron chi connectivity index (χ3n) is 8.16. The average Bonchev–Trinajstić information content (AvgIpc) is 3.37. The van der Waals surface area contributed by atoms with Crippen LogP contribution >= 0.6 is 0 Å². The molecule has 0 spiro atoms. The van der Waals surface area contributed by atoms with Crippen LogP contribution in [0.5, 0.6) is 5.75 Å². The van der Waals surface area contributed by atoms with Crippen molar-refractivity contribution in [1.82, 2.24) is 15.0 Å². The van der Waals surface area contributed by atoms with Gasteiger partial charge in [0.05, 0.1) is 18.2 Å². The van der Waals surface area contributed by atoms with Crippen LogP contribution in [0.3, 0.4) is 0 Å². The highest BCUT2D eigenvalue weighted by atomic mass is 32.2. The molecule has 3 aromatic carbocycles. The number of rotatable bonds is 10. The fourth-order valence-electron chi connectivity index (χ4n) is 5.69. The largest absolute Gasteiger partial charge is 0.488 e. The van der Waals surface area contributed by atoms with E-state index in [-0.39, 0.29) is 52.1 Å². The number of aromatic nitrogens is 1. The Morgan fingerprint density at radius 1 is 1.07 bits per heavy atom. The van der Waals surface area contributed by atoms with Gasteiger partial charge in [0.2, 0.25) is 0 Å². The number of aliphatic hydroxyl groups is 1. The molecule has 1 aliphatic rings. The first kappa shape index (κ1) is 32.2. The van der Waals surface area contributed by atoms with Gasteiger partial charge in [-0.15, -0.1) is 0 Å². The van der Waals surface area contributed by atoms with Crippen molar-refractivity contribution in [3.05, 3.63) is 95.4 Å². The summed E-state index contributed by atoms with van der Waals surface area (Å²) in [5.41, 5.74) is 4.14. The van der Waals surface area contributed by atoms with E-state index < -0.39 is 16.1 Å². The van der Waals surface area contributed by atoms with Crippen LogP contribution in [0.1, 0.15) is 41.2 Å². The fraction of sp³-hybridized carbons (Fsp3) is 0.353. The molecule has 0 unspecified atom stereocenters. The number of sulfonamides is 1. The Morgan fingerprint density at radius 2 is 1.76 bits per heavy atom. The first-order valence-corrected chi connectivity index (χ1v) is 16.5. The Morgan fingerprint density at radius 3 is 2.40 bits per heavy atom. The minimum Gasteiger partial charge on any atom is -0.488 e. The number of carbonyl (C=O) groups is 1. The van der Waals surface area contributed by atoms with Crippen molar-refractivity contribution in [2.45, 2.75) is 51.3 Å². The fourth-order valence-corrected chi connectivity index (χ4v) is 7.07. The van der Waals surface area contributed by atoms with Crippen LogP contribution in [0.15, 0.2) is 82.2 Å². The minimum absolute atomic E-state index is 0.0426. The van der Waals surface area contributed by atoms with Crippen LogP contribution < -0.4 is 9.46 Å². The van der Waals surface area contributed by atoms with Crippen LogP contribution in [0.2, 0.25) is 0 Å². The maximum absolute atomic E-state index is 13.8.